The van der Waals surface area contributed by atoms with Crippen molar-refractivity contribution in [2.24, 2.45) is 0 Å². The topological polar surface area (TPSA) is 164 Å². The minimum atomic E-state index is -0.652. The lowest BCUT2D eigenvalue weighted by atomic mass is 10.0. The smallest absolute Gasteiger partial charge is 0.224 e. The van der Waals surface area contributed by atoms with Gasteiger partial charge >= 0.3 is 0 Å². The minimum Gasteiger partial charge on any atom is -0.397 e. The van der Waals surface area contributed by atoms with Crippen LogP contribution in [0.1, 0.15) is 61.2 Å². The molecule has 44 heavy (non-hydrogen) atoms. The van der Waals surface area contributed by atoms with Crippen LogP contribution in [0.2, 0.25) is 0 Å². The lowest BCUT2D eigenvalue weighted by Crippen LogP contribution is -2.31. The van der Waals surface area contributed by atoms with E-state index in [1.807, 2.05) is 60.7 Å². The van der Waals surface area contributed by atoms with E-state index in [1.54, 1.807) is 12.1 Å². The molecular formula is C32H36N6O5S. The van der Waals surface area contributed by atoms with E-state index in [0.29, 0.717) is 53.7 Å². The quantitative estimate of drug-likeness (QED) is 0.0756. The number of benzene rings is 3. The molecule has 0 aliphatic carbocycles. The van der Waals surface area contributed by atoms with Gasteiger partial charge in [0.05, 0.1) is 30.2 Å². The molecular weight excluding hydrogens is 580 g/mol. The molecule has 1 aliphatic rings. The highest BCUT2D eigenvalue weighted by Gasteiger charge is 2.32. The second kappa shape index (κ2) is 15.5. The summed E-state index contributed by atoms with van der Waals surface area (Å²) in [6.45, 7) is -0.0222. The average Bonchev–Trinajstić information content (AvgIpc) is 3.57. The van der Waals surface area contributed by atoms with Gasteiger partial charge in [0.25, 0.3) is 0 Å². The summed E-state index contributed by atoms with van der Waals surface area (Å²) in [5.74, 6) is 0.375. The standard InChI is InChI=1S/C32H36N6O5S/c33-26-8-1-2-9-27(26)37-30(41)11-4-3-10-29(40)36-24-7-5-6-23(16-24)31-42-25(19-44-32-34-20-35-38-32)17-28(43-31)22-14-12-21(18-39)13-15-22/h1-2,5-9,12-16,20,25,28,31,39H,3-4,10-11,17-19,33H2,(H,36,40)(H,37,41)(H,34,35,38)/t25-,28+,31+/m1/s1. The Balaban J connectivity index is 1.16. The van der Waals surface area contributed by atoms with Gasteiger partial charge in [0.15, 0.2) is 11.4 Å². The van der Waals surface area contributed by atoms with Gasteiger partial charge in [-0.2, -0.15) is 5.10 Å². The number of para-hydroxylation sites is 2. The maximum absolute atomic E-state index is 12.7. The van der Waals surface area contributed by atoms with Gasteiger partial charge in [-0.3, -0.25) is 14.7 Å². The van der Waals surface area contributed by atoms with E-state index in [0.717, 1.165) is 16.7 Å². The van der Waals surface area contributed by atoms with Gasteiger partial charge in [0, 0.05) is 36.3 Å². The highest BCUT2D eigenvalue weighted by atomic mass is 32.2. The Labute approximate surface area is 260 Å². The van der Waals surface area contributed by atoms with Crippen molar-refractivity contribution in [3.05, 3.63) is 95.8 Å². The Hall–Kier alpha value is -4.23. The van der Waals surface area contributed by atoms with E-state index < -0.39 is 6.29 Å². The van der Waals surface area contributed by atoms with E-state index in [2.05, 4.69) is 25.8 Å². The molecule has 6 N–H and O–H groups in total. The lowest BCUT2D eigenvalue weighted by Gasteiger charge is -2.36. The number of unbranched alkanes of at least 4 members (excludes halogenated alkanes) is 1. The normalized spacial score (nSPS) is 18.1. The average molecular weight is 617 g/mol. The summed E-state index contributed by atoms with van der Waals surface area (Å²) in [5, 5.41) is 22.7. The number of nitrogens with two attached hydrogens (primary N) is 1. The number of nitrogen functional groups attached to an aromatic ring is 1. The SMILES string of the molecule is Nc1ccccc1NC(=O)CCCCC(=O)Nc1cccc([C@H]2O[C@@H](CSc3ncn[nH]3)C[C@@H](c3ccc(CO)cc3)O2)c1. The molecule has 12 heteroatoms. The Kier molecular flexibility index (Phi) is 11.0. The van der Waals surface area contributed by atoms with Crippen LogP contribution in [0, 0.1) is 0 Å². The van der Waals surface area contributed by atoms with Crippen molar-refractivity contribution in [3.63, 3.8) is 0 Å². The molecule has 0 spiro atoms. The van der Waals surface area contributed by atoms with Gasteiger partial charge < -0.3 is 30.9 Å². The van der Waals surface area contributed by atoms with Crippen LogP contribution in [0.5, 0.6) is 0 Å². The van der Waals surface area contributed by atoms with Crippen LogP contribution in [-0.4, -0.2) is 44.0 Å². The third kappa shape index (κ3) is 8.89. The molecule has 2 amide bonds. The third-order valence-corrected chi connectivity index (χ3v) is 8.16. The van der Waals surface area contributed by atoms with Crippen molar-refractivity contribution in [2.45, 2.75) is 62.4 Å². The van der Waals surface area contributed by atoms with Crippen LogP contribution < -0.4 is 16.4 Å². The minimum absolute atomic E-state index is 0.0222. The zero-order valence-corrected chi connectivity index (χ0v) is 25.0. The summed E-state index contributed by atoms with van der Waals surface area (Å²) in [6, 6.07) is 22.3. The molecule has 1 aromatic heterocycles. The highest BCUT2D eigenvalue weighted by molar-refractivity contribution is 7.99. The molecule has 1 saturated heterocycles. The van der Waals surface area contributed by atoms with Gasteiger partial charge in [-0.05, 0) is 48.2 Å². The first-order chi connectivity index (χ1) is 21.5. The second-order valence-electron chi connectivity index (χ2n) is 10.5. The van der Waals surface area contributed by atoms with Crippen LogP contribution in [0.4, 0.5) is 17.1 Å². The number of thioether (sulfide) groups is 1. The lowest BCUT2D eigenvalue weighted by molar-refractivity contribution is -0.245. The molecule has 1 aliphatic heterocycles. The molecule has 0 radical (unpaired) electrons. The molecule has 230 valence electrons. The number of anilines is 3. The number of nitrogens with zero attached hydrogens (tertiary/aromatic N) is 2. The van der Waals surface area contributed by atoms with Crippen molar-refractivity contribution < 1.29 is 24.2 Å². The summed E-state index contributed by atoms with van der Waals surface area (Å²) >= 11 is 1.53. The number of hydrogen-bond acceptors (Lipinski definition) is 9. The fraction of sp³-hybridized carbons (Fsp3) is 0.312. The van der Waals surface area contributed by atoms with E-state index in [-0.39, 0.29) is 37.0 Å². The van der Waals surface area contributed by atoms with E-state index in [1.165, 1.54) is 18.1 Å². The number of nitrogens with one attached hydrogen (secondary N) is 3. The predicted molar refractivity (Wildman–Crippen MR) is 169 cm³/mol. The number of aromatic amines is 1. The predicted octanol–water partition coefficient (Wildman–Crippen LogP) is 5.35. The fourth-order valence-electron chi connectivity index (χ4n) is 4.84. The van der Waals surface area contributed by atoms with Gasteiger partial charge in [-0.1, -0.05) is 60.3 Å². The zero-order chi connectivity index (χ0) is 30.7. The van der Waals surface area contributed by atoms with Crippen molar-refractivity contribution in [1.82, 2.24) is 15.2 Å². The number of aromatic nitrogens is 3. The third-order valence-electron chi connectivity index (χ3n) is 7.15. The molecule has 1 fully saturated rings. The monoisotopic (exact) mass is 616 g/mol. The Bertz CT molecular complexity index is 1520. The first-order valence-electron chi connectivity index (χ1n) is 14.5. The largest absolute Gasteiger partial charge is 0.397 e. The van der Waals surface area contributed by atoms with Crippen LogP contribution >= 0.6 is 11.8 Å². The van der Waals surface area contributed by atoms with E-state index in [4.69, 9.17) is 15.2 Å². The van der Waals surface area contributed by atoms with Gasteiger partial charge in [0.1, 0.15) is 6.33 Å². The van der Waals surface area contributed by atoms with Crippen molar-refractivity contribution in [2.75, 3.05) is 22.1 Å². The van der Waals surface area contributed by atoms with Gasteiger partial charge in [-0.25, -0.2) is 4.98 Å². The number of hydrogen-bond donors (Lipinski definition) is 5. The van der Waals surface area contributed by atoms with Crippen LogP contribution in [0.15, 0.2) is 84.3 Å². The highest BCUT2D eigenvalue weighted by Crippen LogP contribution is 2.39. The number of carbonyl (C=O) groups is 2. The fourth-order valence-corrected chi connectivity index (χ4v) is 5.64. The second-order valence-corrected chi connectivity index (χ2v) is 11.5. The number of carbonyl (C=O) groups excluding carboxylic acids is 2. The first kappa shape index (κ1) is 31.2. The summed E-state index contributed by atoms with van der Waals surface area (Å²) in [5.41, 5.74) is 10.2. The number of amides is 2. The Morgan fingerprint density at radius 1 is 0.955 bits per heavy atom. The van der Waals surface area contributed by atoms with Crippen molar-refractivity contribution in [3.8, 4) is 0 Å². The summed E-state index contributed by atoms with van der Waals surface area (Å²) < 4.78 is 12.8. The summed E-state index contributed by atoms with van der Waals surface area (Å²) in [4.78, 5) is 29.1. The van der Waals surface area contributed by atoms with E-state index >= 15 is 0 Å². The number of H-pyrrole nitrogens is 1. The van der Waals surface area contributed by atoms with Crippen LogP contribution in [0.25, 0.3) is 0 Å². The molecule has 4 aromatic rings. The number of aliphatic hydroxyl groups excluding tert-OH is 1. The maximum Gasteiger partial charge on any atom is 0.224 e. The van der Waals surface area contributed by atoms with Gasteiger partial charge in [-0.15, -0.1) is 0 Å². The molecule has 11 nitrogen and oxygen atoms in total. The molecule has 3 aromatic carbocycles. The van der Waals surface area contributed by atoms with Crippen LogP contribution in [-0.2, 0) is 25.7 Å². The first-order valence-corrected chi connectivity index (χ1v) is 15.5. The Morgan fingerprint density at radius 2 is 1.73 bits per heavy atom. The molecule has 0 unspecified atom stereocenters. The van der Waals surface area contributed by atoms with Crippen molar-refractivity contribution >= 4 is 40.6 Å². The number of ether oxygens (including phenoxy) is 2. The van der Waals surface area contributed by atoms with E-state index in [9.17, 15) is 14.7 Å². The zero-order valence-electron chi connectivity index (χ0n) is 24.1. The van der Waals surface area contributed by atoms with Gasteiger partial charge in [0.2, 0.25) is 11.8 Å². The number of rotatable bonds is 13. The molecule has 0 saturated carbocycles. The summed E-state index contributed by atoms with van der Waals surface area (Å²) in [7, 11) is 0. The maximum atomic E-state index is 12.7. The molecule has 5 rings (SSSR count). The molecule has 2 heterocycles. The molecule has 0 bridgehead atoms. The van der Waals surface area contributed by atoms with Crippen molar-refractivity contribution in [1.29, 1.82) is 0 Å². The summed E-state index contributed by atoms with van der Waals surface area (Å²) in [6.07, 6.45) is 2.82. The molecule has 3 atom stereocenters. The number of aliphatic hydroxyl groups is 1. The van der Waals surface area contributed by atoms with Crippen LogP contribution in [0.3, 0.4) is 0 Å². The Morgan fingerprint density at radius 3 is 2.45 bits per heavy atom.